The average molecular weight is 446 g/mol. The van der Waals surface area contributed by atoms with Gasteiger partial charge in [0.15, 0.2) is 11.8 Å². The molecule has 1 aromatic heterocycles. The summed E-state index contributed by atoms with van der Waals surface area (Å²) in [6, 6.07) is 0.378. The molecular formula is C17H31IN6. The van der Waals surface area contributed by atoms with Crippen molar-refractivity contribution in [3.8, 4) is 0 Å². The Balaban J connectivity index is 0.00000208. The summed E-state index contributed by atoms with van der Waals surface area (Å²) < 4.78 is 2.07. The number of aryl methyl sites for hydroxylation is 1. The van der Waals surface area contributed by atoms with Crippen LogP contribution in [-0.2, 0) is 13.0 Å². The highest BCUT2D eigenvalue weighted by molar-refractivity contribution is 14.0. The third-order valence-electron chi connectivity index (χ3n) is 4.58. The Labute approximate surface area is 162 Å². The second kappa shape index (κ2) is 9.01. The standard InChI is InChI=1S/C17H30N6.HI/c1-4-18-17(19-10-9-13-5-6-13)20-14-7-8-15-21-16(12(2)3)22-23(15)11-14;/h12-14H,4-11H2,1-3H3,(H2,18,19,20);1H. The number of aromatic nitrogens is 3. The third kappa shape index (κ3) is 5.32. The molecule has 3 rings (SSSR count). The second-order valence-electron chi connectivity index (χ2n) is 7.10. The van der Waals surface area contributed by atoms with E-state index in [2.05, 4.69) is 46.2 Å². The van der Waals surface area contributed by atoms with Crippen molar-refractivity contribution in [1.82, 2.24) is 25.4 Å². The molecule has 1 atom stereocenters. The molecule has 1 aromatic rings. The van der Waals surface area contributed by atoms with Gasteiger partial charge >= 0.3 is 0 Å². The van der Waals surface area contributed by atoms with Crippen LogP contribution in [0.15, 0.2) is 4.99 Å². The van der Waals surface area contributed by atoms with Crippen molar-refractivity contribution in [2.75, 3.05) is 13.1 Å². The van der Waals surface area contributed by atoms with Gasteiger partial charge in [0.25, 0.3) is 0 Å². The van der Waals surface area contributed by atoms with Crippen LogP contribution in [0.4, 0.5) is 0 Å². The summed E-state index contributed by atoms with van der Waals surface area (Å²) >= 11 is 0. The molecule has 0 spiro atoms. The Morgan fingerprint density at radius 2 is 2.12 bits per heavy atom. The van der Waals surface area contributed by atoms with Crippen LogP contribution in [0.5, 0.6) is 0 Å². The van der Waals surface area contributed by atoms with Crippen molar-refractivity contribution < 1.29 is 0 Å². The van der Waals surface area contributed by atoms with Gasteiger partial charge < -0.3 is 10.6 Å². The summed E-state index contributed by atoms with van der Waals surface area (Å²) in [7, 11) is 0. The molecule has 0 radical (unpaired) electrons. The Morgan fingerprint density at radius 3 is 2.79 bits per heavy atom. The normalized spacial score (nSPS) is 20.5. The Bertz CT molecular complexity index is 549. The second-order valence-corrected chi connectivity index (χ2v) is 7.10. The van der Waals surface area contributed by atoms with Gasteiger partial charge in [-0.15, -0.1) is 24.0 Å². The van der Waals surface area contributed by atoms with E-state index in [0.717, 1.165) is 56.0 Å². The van der Waals surface area contributed by atoms with E-state index in [-0.39, 0.29) is 24.0 Å². The van der Waals surface area contributed by atoms with E-state index in [1.165, 1.54) is 19.3 Å². The molecule has 0 aromatic carbocycles. The first-order valence-corrected chi connectivity index (χ1v) is 9.14. The predicted octanol–water partition coefficient (Wildman–Crippen LogP) is 2.69. The highest BCUT2D eigenvalue weighted by atomic mass is 127. The molecule has 136 valence electrons. The van der Waals surface area contributed by atoms with Gasteiger partial charge in [0.05, 0.1) is 6.54 Å². The molecule has 0 saturated heterocycles. The molecule has 2 N–H and O–H groups in total. The number of fused-ring (bicyclic) bond motifs is 1. The van der Waals surface area contributed by atoms with Crippen molar-refractivity contribution in [2.45, 2.75) is 71.4 Å². The van der Waals surface area contributed by atoms with E-state index >= 15 is 0 Å². The number of rotatable bonds is 6. The Morgan fingerprint density at radius 1 is 1.33 bits per heavy atom. The number of hydrogen-bond acceptors (Lipinski definition) is 3. The van der Waals surface area contributed by atoms with Gasteiger partial charge in [0.1, 0.15) is 5.82 Å². The minimum atomic E-state index is 0. The smallest absolute Gasteiger partial charge is 0.191 e. The summed E-state index contributed by atoms with van der Waals surface area (Å²) in [6.45, 7) is 9.11. The maximum absolute atomic E-state index is 4.73. The lowest BCUT2D eigenvalue weighted by Crippen LogP contribution is -2.47. The maximum atomic E-state index is 4.73. The van der Waals surface area contributed by atoms with Crippen molar-refractivity contribution in [1.29, 1.82) is 0 Å². The minimum Gasteiger partial charge on any atom is -0.357 e. The molecule has 1 saturated carbocycles. The van der Waals surface area contributed by atoms with Crippen LogP contribution in [0.1, 0.15) is 64.0 Å². The van der Waals surface area contributed by atoms with Gasteiger partial charge in [-0.05, 0) is 25.7 Å². The minimum absolute atomic E-state index is 0. The van der Waals surface area contributed by atoms with Crippen molar-refractivity contribution in [3.05, 3.63) is 11.6 Å². The highest BCUT2D eigenvalue weighted by Gasteiger charge is 2.23. The van der Waals surface area contributed by atoms with Crippen molar-refractivity contribution >= 4 is 29.9 Å². The molecule has 2 aliphatic rings. The number of aliphatic imine (C=N–C) groups is 1. The molecular weight excluding hydrogens is 415 g/mol. The molecule has 1 aliphatic carbocycles. The molecule has 2 heterocycles. The molecule has 1 aliphatic heterocycles. The summed E-state index contributed by atoms with van der Waals surface area (Å²) in [5, 5.41) is 11.6. The largest absolute Gasteiger partial charge is 0.357 e. The van der Waals surface area contributed by atoms with Crippen LogP contribution in [-0.4, -0.2) is 39.9 Å². The fourth-order valence-corrected chi connectivity index (χ4v) is 2.97. The van der Waals surface area contributed by atoms with Gasteiger partial charge in [-0.1, -0.05) is 26.7 Å². The first-order valence-electron chi connectivity index (χ1n) is 9.14. The van der Waals surface area contributed by atoms with Crippen molar-refractivity contribution in [3.63, 3.8) is 0 Å². The van der Waals surface area contributed by atoms with Crippen LogP contribution < -0.4 is 10.6 Å². The van der Waals surface area contributed by atoms with Gasteiger partial charge in [-0.2, -0.15) is 5.10 Å². The molecule has 0 bridgehead atoms. The zero-order chi connectivity index (χ0) is 16.2. The molecule has 1 unspecified atom stereocenters. The van der Waals surface area contributed by atoms with E-state index in [0.29, 0.717) is 12.0 Å². The van der Waals surface area contributed by atoms with Crippen LogP contribution in [0.25, 0.3) is 0 Å². The quantitative estimate of drug-likeness (QED) is 0.401. The molecule has 7 heteroatoms. The SMILES string of the molecule is CCNC(=NCCC1CC1)NC1CCc2nc(C(C)C)nn2C1.I. The fraction of sp³-hybridized carbons (Fsp3) is 0.824. The van der Waals surface area contributed by atoms with Crippen molar-refractivity contribution in [2.24, 2.45) is 10.9 Å². The van der Waals surface area contributed by atoms with Crippen LogP contribution in [0.3, 0.4) is 0 Å². The topological polar surface area (TPSA) is 67.1 Å². The number of nitrogens with zero attached hydrogens (tertiary/aromatic N) is 4. The lowest BCUT2D eigenvalue weighted by atomic mass is 10.1. The number of nitrogens with one attached hydrogen (secondary N) is 2. The fourth-order valence-electron chi connectivity index (χ4n) is 2.97. The number of guanidine groups is 1. The molecule has 6 nitrogen and oxygen atoms in total. The summed E-state index contributed by atoms with van der Waals surface area (Å²) in [6.07, 6.45) is 6.10. The number of hydrogen-bond donors (Lipinski definition) is 2. The van der Waals surface area contributed by atoms with Gasteiger partial charge in [0.2, 0.25) is 0 Å². The maximum Gasteiger partial charge on any atom is 0.191 e. The van der Waals surface area contributed by atoms with Crippen LogP contribution in [0, 0.1) is 5.92 Å². The van der Waals surface area contributed by atoms with Crippen LogP contribution >= 0.6 is 24.0 Å². The van der Waals surface area contributed by atoms with E-state index in [4.69, 9.17) is 4.99 Å². The first-order chi connectivity index (χ1) is 11.2. The Kier molecular flexibility index (Phi) is 7.31. The van der Waals surface area contributed by atoms with Gasteiger partial charge in [-0.3, -0.25) is 4.99 Å². The van der Waals surface area contributed by atoms with Gasteiger partial charge in [-0.25, -0.2) is 9.67 Å². The highest BCUT2D eigenvalue weighted by Crippen LogP contribution is 2.32. The lowest BCUT2D eigenvalue weighted by molar-refractivity contribution is 0.391. The summed E-state index contributed by atoms with van der Waals surface area (Å²) in [5.74, 6) is 4.36. The summed E-state index contributed by atoms with van der Waals surface area (Å²) in [5.41, 5.74) is 0. The summed E-state index contributed by atoms with van der Waals surface area (Å²) in [4.78, 5) is 9.38. The lowest BCUT2D eigenvalue weighted by Gasteiger charge is -2.25. The van der Waals surface area contributed by atoms with E-state index in [9.17, 15) is 0 Å². The Hall–Kier alpha value is -0.860. The molecule has 24 heavy (non-hydrogen) atoms. The van der Waals surface area contributed by atoms with E-state index < -0.39 is 0 Å². The zero-order valence-corrected chi connectivity index (χ0v) is 17.4. The van der Waals surface area contributed by atoms with Crippen LogP contribution in [0.2, 0.25) is 0 Å². The van der Waals surface area contributed by atoms with E-state index in [1.54, 1.807) is 0 Å². The zero-order valence-electron chi connectivity index (χ0n) is 15.1. The third-order valence-corrected chi connectivity index (χ3v) is 4.58. The van der Waals surface area contributed by atoms with Gasteiger partial charge in [0, 0.05) is 31.5 Å². The van der Waals surface area contributed by atoms with E-state index in [1.807, 2.05) is 0 Å². The predicted molar refractivity (Wildman–Crippen MR) is 108 cm³/mol. The molecule has 1 fully saturated rings. The average Bonchev–Trinajstić information content (AvgIpc) is 3.24. The molecule has 0 amide bonds. The monoisotopic (exact) mass is 446 g/mol. The first kappa shape index (κ1) is 19.5. The number of halogens is 1.